The van der Waals surface area contributed by atoms with Gasteiger partial charge in [-0.25, -0.2) is 0 Å². The van der Waals surface area contributed by atoms with Crippen LogP contribution in [-0.4, -0.2) is 18.5 Å². The number of rotatable bonds is 6. The molecule has 0 fully saturated rings. The first-order valence-corrected chi connectivity index (χ1v) is 16.7. The van der Waals surface area contributed by atoms with Crippen LogP contribution in [0.3, 0.4) is 0 Å². The van der Waals surface area contributed by atoms with Crippen LogP contribution in [0.25, 0.3) is 33.4 Å². The topological polar surface area (TPSA) is 54.4 Å². The van der Waals surface area contributed by atoms with Crippen molar-refractivity contribution in [2.45, 2.75) is 5.51 Å². The van der Waals surface area contributed by atoms with Crippen LogP contribution in [-0.2, 0) is 10.1 Å². The zero-order valence-electron chi connectivity index (χ0n) is 23.8. The van der Waals surface area contributed by atoms with Crippen molar-refractivity contribution >= 4 is 34.0 Å². The van der Waals surface area contributed by atoms with Crippen molar-refractivity contribution in [3.8, 4) is 33.4 Å². The summed E-state index contributed by atoms with van der Waals surface area (Å²) in [6.07, 6.45) is 0. The van der Waals surface area contributed by atoms with E-state index in [1.165, 1.54) is 49.3 Å². The van der Waals surface area contributed by atoms with E-state index in [-0.39, 0.29) is 0 Å². The van der Waals surface area contributed by atoms with Gasteiger partial charge in [0.2, 0.25) is 0 Å². The maximum atomic E-state index is 10.7. The fraction of sp³-hybridized carbons (Fsp3) is 0.0270. The van der Waals surface area contributed by atoms with E-state index in [1.807, 2.05) is 0 Å². The van der Waals surface area contributed by atoms with Crippen molar-refractivity contribution in [2.24, 2.45) is 0 Å². The normalized spacial score (nSPS) is 11.5. The molecule has 0 heterocycles. The monoisotopic (exact) mass is 640 g/mol. The first-order valence-electron chi connectivity index (χ1n) is 13.9. The van der Waals surface area contributed by atoms with Crippen LogP contribution in [0.15, 0.2) is 164 Å². The smallest absolute Gasteiger partial charge is 0.279 e. The molecule has 0 saturated carbocycles. The molecule has 1 N–H and O–H groups in total. The molecule has 45 heavy (non-hydrogen) atoms. The molecule has 0 unspecified atom stereocenters. The van der Waals surface area contributed by atoms with Gasteiger partial charge < -0.3 is 0 Å². The van der Waals surface area contributed by atoms with Gasteiger partial charge in [0.1, 0.15) is 0 Å². The van der Waals surface area contributed by atoms with Crippen molar-refractivity contribution in [3.05, 3.63) is 164 Å². The molecule has 0 aliphatic rings. The predicted octanol–water partition coefficient (Wildman–Crippen LogP) is 8.84. The van der Waals surface area contributed by atoms with E-state index in [9.17, 15) is 13.2 Å². The van der Waals surface area contributed by atoms with Crippen LogP contribution >= 0.6 is 7.92 Å². The Morgan fingerprint density at radius 1 is 0.467 bits per heavy atom. The molecule has 0 aromatic heterocycles. The molecule has 0 saturated heterocycles. The molecule has 0 spiro atoms. The Kier molecular flexibility index (Phi) is 9.94. The van der Waals surface area contributed by atoms with Gasteiger partial charge in [-0.3, -0.25) is 4.55 Å². The summed E-state index contributed by atoms with van der Waals surface area (Å²) in [7, 11) is -6.66. The van der Waals surface area contributed by atoms with Gasteiger partial charge in [-0.15, -0.1) is 0 Å². The molecule has 0 amide bonds. The van der Waals surface area contributed by atoms with Crippen LogP contribution in [0.2, 0.25) is 0 Å². The summed E-state index contributed by atoms with van der Waals surface area (Å²) in [5.74, 6) is 0. The van der Waals surface area contributed by atoms with Crippen LogP contribution in [0.1, 0.15) is 0 Å². The summed E-state index contributed by atoms with van der Waals surface area (Å²) in [6, 6.07) is 59.3. The Bertz CT molecular complexity index is 1840. The lowest BCUT2D eigenvalue weighted by atomic mass is 9.93. The molecule has 6 rings (SSSR count). The second-order valence-electron chi connectivity index (χ2n) is 9.95. The lowest BCUT2D eigenvalue weighted by Crippen LogP contribution is -2.24. The zero-order chi connectivity index (χ0) is 31.9. The number of hydrogen-bond donors (Lipinski definition) is 1. The number of benzene rings is 6. The van der Waals surface area contributed by atoms with Crippen molar-refractivity contribution in [1.29, 1.82) is 0 Å². The van der Waals surface area contributed by atoms with Gasteiger partial charge in [0.05, 0.1) is 0 Å². The predicted molar refractivity (Wildman–Crippen MR) is 179 cm³/mol. The molecule has 3 nitrogen and oxygen atoms in total. The molecule has 0 aliphatic carbocycles. The van der Waals surface area contributed by atoms with Crippen molar-refractivity contribution in [3.63, 3.8) is 0 Å². The van der Waals surface area contributed by atoms with Crippen LogP contribution in [0.5, 0.6) is 0 Å². The lowest BCUT2D eigenvalue weighted by Gasteiger charge is -2.27. The minimum absolute atomic E-state index is 0.816. The summed E-state index contributed by atoms with van der Waals surface area (Å²) < 4.78 is 57.5. The van der Waals surface area contributed by atoms with E-state index < -0.39 is 23.5 Å². The van der Waals surface area contributed by atoms with E-state index in [1.54, 1.807) is 0 Å². The van der Waals surface area contributed by atoms with Crippen LogP contribution in [0.4, 0.5) is 13.2 Å². The van der Waals surface area contributed by atoms with Gasteiger partial charge in [0.25, 0.3) is 0 Å². The van der Waals surface area contributed by atoms with Crippen molar-refractivity contribution < 1.29 is 26.1 Å². The summed E-state index contributed by atoms with van der Waals surface area (Å²) in [6.45, 7) is 0. The van der Waals surface area contributed by atoms with E-state index in [4.69, 9.17) is 13.0 Å². The molecule has 226 valence electrons. The third-order valence-corrected chi connectivity index (χ3v) is 10.1. The Hall–Kier alpha value is -4.55. The van der Waals surface area contributed by atoms with Crippen molar-refractivity contribution in [2.75, 3.05) is 0 Å². The maximum Gasteiger partial charge on any atom is 0.522 e. The van der Waals surface area contributed by atoms with Gasteiger partial charge in [-0.1, -0.05) is 152 Å². The number of halogens is 3. The lowest BCUT2D eigenvalue weighted by molar-refractivity contribution is -0.0510. The van der Waals surface area contributed by atoms with Gasteiger partial charge in [0.15, 0.2) is 0 Å². The van der Waals surface area contributed by atoms with Gasteiger partial charge in [0, 0.05) is 5.30 Å². The number of hydrogen-bond acceptors (Lipinski definition) is 2. The second-order valence-corrected chi connectivity index (χ2v) is 13.5. The van der Waals surface area contributed by atoms with Crippen LogP contribution < -0.4 is 15.9 Å². The SMILES string of the molecule is O=S(=O)(O)C(F)(F)F.c1ccc(-c2cc(-c3ccccc3)c(P(c3ccccc3)c3ccccc3)c(-c3ccccc3)c2)cc1. The summed E-state index contributed by atoms with van der Waals surface area (Å²) in [5, 5.41) is 4.10. The molecule has 0 radical (unpaired) electrons. The van der Waals surface area contributed by atoms with E-state index in [0.29, 0.717) is 0 Å². The Balaban J connectivity index is 0.000000444. The highest BCUT2D eigenvalue weighted by Crippen LogP contribution is 2.43. The highest BCUT2D eigenvalue weighted by molar-refractivity contribution is 7.86. The molecule has 0 bridgehead atoms. The number of alkyl halides is 3. The summed E-state index contributed by atoms with van der Waals surface area (Å²) >= 11 is 0. The van der Waals surface area contributed by atoms with Crippen LogP contribution in [0, 0.1) is 0 Å². The first-order chi connectivity index (χ1) is 21.6. The third kappa shape index (κ3) is 7.76. The summed E-state index contributed by atoms with van der Waals surface area (Å²) in [5.41, 5.74) is 2.00. The minimum Gasteiger partial charge on any atom is -0.279 e. The molecule has 8 heteroatoms. The Labute approximate surface area is 262 Å². The van der Waals surface area contributed by atoms with E-state index in [2.05, 4.69) is 164 Å². The second kappa shape index (κ2) is 14.0. The van der Waals surface area contributed by atoms with Gasteiger partial charge >= 0.3 is 15.6 Å². The largest absolute Gasteiger partial charge is 0.522 e. The fourth-order valence-electron chi connectivity index (χ4n) is 4.91. The van der Waals surface area contributed by atoms with E-state index in [0.717, 1.165) is 0 Å². The quantitative estimate of drug-likeness (QED) is 0.112. The molecular weight excluding hydrogens is 612 g/mol. The maximum absolute atomic E-state index is 10.7. The van der Waals surface area contributed by atoms with E-state index >= 15 is 0 Å². The highest BCUT2D eigenvalue weighted by atomic mass is 32.2. The van der Waals surface area contributed by atoms with Crippen molar-refractivity contribution in [1.82, 2.24) is 0 Å². The average Bonchev–Trinajstić information content (AvgIpc) is 3.06. The standard InChI is InChI=1S/C36H27P.CHF3O3S/c1-6-16-28(17-7-1)31-26-34(29-18-8-2-9-19-29)36(35(27-31)30-20-10-3-11-21-30)37(32-22-12-4-13-23-32)33-24-14-5-15-25-33;2-1(3,4)8(5,6)7/h1-27H;(H,5,6,7). The Morgan fingerprint density at radius 2 is 0.756 bits per heavy atom. The van der Waals surface area contributed by atoms with Gasteiger partial charge in [-0.2, -0.15) is 21.6 Å². The minimum atomic E-state index is -5.84. The molecular formula is C37H28F3O3PS. The highest BCUT2D eigenvalue weighted by Gasteiger charge is 2.44. The molecule has 6 aromatic rings. The molecule has 0 atom stereocenters. The van der Waals surface area contributed by atoms with Gasteiger partial charge in [-0.05, 0) is 64.0 Å². The molecule has 0 aliphatic heterocycles. The Morgan fingerprint density at radius 3 is 1.07 bits per heavy atom. The zero-order valence-corrected chi connectivity index (χ0v) is 25.6. The summed E-state index contributed by atoms with van der Waals surface area (Å²) in [4.78, 5) is 0. The average molecular weight is 641 g/mol. The third-order valence-electron chi connectivity index (χ3n) is 6.93. The fourth-order valence-corrected chi connectivity index (χ4v) is 7.53. The molecule has 6 aromatic carbocycles. The first kappa shape index (κ1) is 31.9.